The number of anilines is 1. The highest BCUT2D eigenvalue weighted by Crippen LogP contribution is 2.46. The molecule has 1 aliphatic rings. The van der Waals surface area contributed by atoms with E-state index in [4.69, 9.17) is 44.1 Å². The van der Waals surface area contributed by atoms with Gasteiger partial charge in [-0.1, -0.05) is 57.9 Å². The van der Waals surface area contributed by atoms with Crippen LogP contribution in [0.2, 0.25) is 15.1 Å². The van der Waals surface area contributed by atoms with Crippen molar-refractivity contribution >= 4 is 57.4 Å². The van der Waals surface area contributed by atoms with Crippen molar-refractivity contribution in [2.45, 2.75) is 25.4 Å². The van der Waals surface area contributed by atoms with E-state index in [1.54, 1.807) is 42.5 Å². The van der Waals surface area contributed by atoms with Crippen LogP contribution in [0.25, 0.3) is 11.3 Å². The molecule has 11 heteroatoms. The maximum Gasteiger partial charge on any atom is 0.335 e. The molecular formula is C29H21Cl3N2O5S. The van der Waals surface area contributed by atoms with Gasteiger partial charge in [0, 0.05) is 40.6 Å². The molecule has 0 amide bonds. The Morgan fingerprint density at radius 2 is 1.85 bits per heavy atom. The van der Waals surface area contributed by atoms with Crippen LogP contribution in [-0.4, -0.2) is 26.7 Å². The molecule has 1 aliphatic carbocycles. The molecule has 7 nitrogen and oxygen atoms in total. The molecule has 204 valence electrons. The zero-order chi connectivity index (χ0) is 28.4. The van der Waals surface area contributed by atoms with Crippen molar-refractivity contribution in [2.75, 3.05) is 11.0 Å². The van der Waals surface area contributed by atoms with Gasteiger partial charge >= 0.3 is 5.97 Å². The van der Waals surface area contributed by atoms with Crippen molar-refractivity contribution in [2.24, 2.45) is 0 Å². The van der Waals surface area contributed by atoms with Gasteiger partial charge in [0.2, 0.25) is 0 Å². The fraction of sp³-hybridized carbons (Fsp3) is 0.172. The van der Waals surface area contributed by atoms with Gasteiger partial charge in [0.05, 0.1) is 26.2 Å². The molecule has 40 heavy (non-hydrogen) atoms. The van der Waals surface area contributed by atoms with Crippen molar-refractivity contribution in [1.82, 2.24) is 5.16 Å². The number of carbonyl (C=O) groups is 1. The number of nitrogens with zero attached hydrogens (tertiary/aromatic N) is 1. The van der Waals surface area contributed by atoms with Gasteiger partial charge in [-0.15, -0.1) is 0 Å². The summed E-state index contributed by atoms with van der Waals surface area (Å²) in [5, 5.41) is 15.0. The average Bonchev–Trinajstić information content (AvgIpc) is 3.66. The quantitative estimate of drug-likeness (QED) is 0.198. The lowest BCUT2D eigenvalue weighted by atomic mass is 10.0. The first kappa shape index (κ1) is 28.1. The molecule has 5 rings (SSSR count). The molecule has 1 unspecified atom stereocenters. The van der Waals surface area contributed by atoms with Gasteiger partial charge in [-0.05, 0) is 55.3 Å². The van der Waals surface area contributed by atoms with E-state index < -0.39 is 17.0 Å². The molecule has 0 saturated heterocycles. The standard InChI is InChI=1S/C29H21Cl3N2O5S/c1-40(37)34-20-12-16(11-19(13-20)29(35)36)5-6-17-9-10-21(14-25(17)32)38-15-22-27(33-39-28(22)18-7-8-18)26-23(30)3-2-4-24(26)31/h2-4,9-14,18,34H,7-8,15H2,1H3,(H,35,36). The minimum absolute atomic E-state index is 0.0198. The third kappa shape index (κ3) is 6.45. The zero-order valence-corrected chi connectivity index (χ0v) is 24.0. The van der Waals surface area contributed by atoms with Crippen LogP contribution in [0, 0.1) is 11.8 Å². The number of aromatic nitrogens is 1. The summed E-state index contributed by atoms with van der Waals surface area (Å²) in [4.78, 5) is 11.5. The molecule has 0 bridgehead atoms. The molecule has 1 saturated carbocycles. The van der Waals surface area contributed by atoms with Crippen LogP contribution in [0.1, 0.15) is 51.6 Å². The fourth-order valence-corrected chi connectivity index (χ4v) is 5.32. The maximum absolute atomic E-state index is 11.5. The van der Waals surface area contributed by atoms with E-state index in [2.05, 4.69) is 21.7 Å². The van der Waals surface area contributed by atoms with Crippen molar-refractivity contribution in [1.29, 1.82) is 0 Å². The third-order valence-electron chi connectivity index (χ3n) is 6.07. The van der Waals surface area contributed by atoms with Crippen LogP contribution in [-0.2, 0) is 17.6 Å². The molecule has 3 aromatic carbocycles. The number of hydrogen-bond acceptors (Lipinski definition) is 5. The van der Waals surface area contributed by atoms with Crippen LogP contribution >= 0.6 is 34.8 Å². The minimum atomic E-state index is -1.37. The second-order valence-electron chi connectivity index (χ2n) is 9.09. The number of ether oxygens (including phenoxy) is 1. The van der Waals surface area contributed by atoms with Gasteiger partial charge in [0.15, 0.2) is 0 Å². The van der Waals surface area contributed by atoms with Crippen molar-refractivity contribution in [3.05, 3.63) is 97.7 Å². The van der Waals surface area contributed by atoms with Crippen LogP contribution in [0.15, 0.2) is 59.1 Å². The molecular weight excluding hydrogens is 595 g/mol. The number of carboxylic acids is 1. The molecule has 0 aliphatic heterocycles. The number of carboxylic acid groups (broad SMARTS) is 1. The van der Waals surface area contributed by atoms with E-state index in [9.17, 15) is 14.1 Å². The second-order valence-corrected chi connectivity index (χ2v) is 11.4. The molecule has 0 radical (unpaired) electrons. The predicted molar refractivity (Wildman–Crippen MR) is 157 cm³/mol. The maximum atomic E-state index is 11.5. The Morgan fingerprint density at radius 3 is 2.50 bits per heavy atom. The zero-order valence-electron chi connectivity index (χ0n) is 21.0. The summed E-state index contributed by atoms with van der Waals surface area (Å²) in [6.45, 7) is 0.171. The molecule has 4 aromatic rings. The number of benzene rings is 3. The highest BCUT2D eigenvalue weighted by molar-refractivity contribution is 7.85. The number of halogens is 3. The van der Waals surface area contributed by atoms with Crippen LogP contribution in [0.3, 0.4) is 0 Å². The summed E-state index contributed by atoms with van der Waals surface area (Å²) in [6.07, 6.45) is 3.48. The minimum Gasteiger partial charge on any atom is -0.489 e. The monoisotopic (exact) mass is 614 g/mol. The summed E-state index contributed by atoms with van der Waals surface area (Å²) < 4.78 is 26.0. The lowest BCUT2D eigenvalue weighted by Gasteiger charge is -2.10. The highest BCUT2D eigenvalue weighted by atomic mass is 35.5. The topological polar surface area (TPSA) is 102 Å². The lowest BCUT2D eigenvalue weighted by molar-refractivity contribution is 0.0697. The molecule has 1 atom stereocenters. The third-order valence-corrected chi connectivity index (χ3v) is 7.54. The molecule has 1 heterocycles. The van der Waals surface area contributed by atoms with Crippen molar-refractivity contribution in [3.63, 3.8) is 0 Å². The molecule has 1 fully saturated rings. The summed E-state index contributed by atoms with van der Waals surface area (Å²) in [6, 6.07) is 14.8. The normalized spacial score (nSPS) is 13.3. The van der Waals surface area contributed by atoms with E-state index in [0.29, 0.717) is 48.9 Å². The van der Waals surface area contributed by atoms with Gasteiger partial charge < -0.3 is 19.1 Å². The number of aromatic carboxylic acids is 1. The van der Waals surface area contributed by atoms with Crippen LogP contribution in [0.4, 0.5) is 5.69 Å². The van der Waals surface area contributed by atoms with Gasteiger partial charge in [-0.3, -0.25) is 0 Å². The number of nitrogens with one attached hydrogen (secondary N) is 1. The number of hydrogen-bond donors (Lipinski definition) is 2. The molecule has 2 N–H and O–H groups in total. The Bertz CT molecular complexity index is 1690. The van der Waals surface area contributed by atoms with Gasteiger partial charge in [-0.2, -0.15) is 0 Å². The number of rotatable bonds is 8. The Kier molecular flexibility index (Phi) is 8.38. The van der Waals surface area contributed by atoms with E-state index in [1.165, 1.54) is 18.4 Å². The first-order valence-corrected chi connectivity index (χ1v) is 14.7. The van der Waals surface area contributed by atoms with Crippen LogP contribution < -0.4 is 9.46 Å². The van der Waals surface area contributed by atoms with E-state index in [-0.39, 0.29) is 18.1 Å². The lowest BCUT2D eigenvalue weighted by Crippen LogP contribution is -2.04. The first-order valence-electron chi connectivity index (χ1n) is 12.0. The Hall–Kier alpha value is -3.48. The summed E-state index contributed by atoms with van der Waals surface area (Å²) in [7, 11) is -1.37. The van der Waals surface area contributed by atoms with Gasteiger partial charge in [0.25, 0.3) is 0 Å². The fourth-order valence-electron chi connectivity index (χ4n) is 4.08. The summed E-state index contributed by atoms with van der Waals surface area (Å²) in [5.41, 5.74) is 3.29. The Labute approximate surface area is 248 Å². The van der Waals surface area contributed by atoms with Crippen LogP contribution in [0.5, 0.6) is 5.75 Å². The first-order chi connectivity index (χ1) is 19.2. The van der Waals surface area contributed by atoms with Gasteiger partial charge in [0.1, 0.15) is 34.8 Å². The van der Waals surface area contributed by atoms with Gasteiger partial charge in [-0.25, -0.2) is 9.00 Å². The molecule has 0 spiro atoms. The largest absolute Gasteiger partial charge is 0.489 e. The van der Waals surface area contributed by atoms with E-state index in [0.717, 1.165) is 24.2 Å². The van der Waals surface area contributed by atoms with E-state index in [1.807, 2.05) is 0 Å². The summed E-state index contributed by atoms with van der Waals surface area (Å²) >= 11 is 19.4. The second kappa shape index (κ2) is 11.9. The van der Waals surface area contributed by atoms with Crippen molar-refractivity contribution < 1.29 is 23.4 Å². The summed E-state index contributed by atoms with van der Waals surface area (Å²) in [5.74, 6) is 6.33. The average molecular weight is 616 g/mol. The molecule has 1 aromatic heterocycles. The SMILES string of the molecule is CS(=O)Nc1cc(C#Cc2ccc(OCc3c(-c4c(Cl)cccc4Cl)noc3C3CC3)cc2Cl)cc(C(=O)O)c1. The van der Waals surface area contributed by atoms with E-state index >= 15 is 0 Å². The Morgan fingerprint density at radius 1 is 1.10 bits per heavy atom. The smallest absolute Gasteiger partial charge is 0.335 e. The van der Waals surface area contributed by atoms with Crippen molar-refractivity contribution in [3.8, 4) is 28.8 Å². The Balaban J connectivity index is 1.38. The highest BCUT2D eigenvalue weighted by Gasteiger charge is 2.33. The predicted octanol–water partition coefficient (Wildman–Crippen LogP) is 7.56.